The maximum atomic E-state index is 12.1. The van der Waals surface area contributed by atoms with Gasteiger partial charge in [-0.2, -0.15) is 0 Å². The summed E-state index contributed by atoms with van der Waals surface area (Å²) in [5, 5.41) is 0. The number of rotatable bonds is 6. The van der Waals surface area contributed by atoms with Gasteiger partial charge in [-0.05, 0) is 12.8 Å². The molecule has 0 aromatic carbocycles. The van der Waals surface area contributed by atoms with Gasteiger partial charge in [0.2, 0.25) is 0 Å². The van der Waals surface area contributed by atoms with Crippen molar-refractivity contribution in [1.29, 1.82) is 0 Å². The van der Waals surface area contributed by atoms with E-state index >= 15 is 0 Å². The molecule has 0 saturated carbocycles. The molecule has 0 amide bonds. The van der Waals surface area contributed by atoms with Crippen LogP contribution in [-0.2, 0) is 20.1 Å². The normalized spacial score (nSPS) is 10.8. The minimum Gasteiger partial charge on any atom is -0.248 e. The Morgan fingerprint density at radius 2 is 1.17 bits per heavy atom. The molecule has 1 aromatic rings. The van der Waals surface area contributed by atoms with Crippen LogP contribution in [0.4, 0.5) is 0 Å². The van der Waals surface area contributed by atoms with E-state index < -0.39 is 17.1 Å². The second-order valence-electron chi connectivity index (χ2n) is 4.42. The number of nitrogens with zero attached hydrogens (tertiary/aromatic N) is 3. The highest BCUT2D eigenvalue weighted by Gasteiger charge is 2.11. The summed E-state index contributed by atoms with van der Waals surface area (Å²) in [6, 6.07) is 0. The van der Waals surface area contributed by atoms with Crippen LogP contribution in [0.15, 0.2) is 14.4 Å². The lowest BCUT2D eigenvalue weighted by atomic mass is 10.3. The van der Waals surface area contributed by atoms with Gasteiger partial charge in [-0.3, -0.25) is 0 Å². The van der Waals surface area contributed by atoms with Crippen LogP contribution in [0, 0.1) is 0 Å². The molecule has 0 fully saturated rings. The van der Waals surface area contributed by atoms with Gasteiger partial charge in [0, 0.05) is 20.1 Å². The van der Waals surface area contributed by atoms with E-state index in [4.69, 9.17) is 0 Å². The van der Waals surface area contributed by atoms with Gasteiger partial charge in [0.25, 0.3) is 0 Å². The van der Waals surface area contributed by atoms with E-state index in [1.54, 1.807) is 0 Å². The van der Waals surface area contributed by atoms with Crippen molar-refractivity contribution in [3.63, 3.8) is 0 Å². The second kappa shape index (κ2) is 6.37. The molecule has 1 rings (SSSR count). The van der Waals surface area contributed by atoms with Crippen LogP contribution in [0.3, 0.4) is 0 Å². The van der Waals surface area contributed by atoms with Crippen molar-refractivity contribution >= 4 is 0 Å². The molecule has 0 saturated heterocycles. The Morgan fingerprint density at radius 3 is 1.50 bits per heavy atom. The van der Waals surface area contributed by atoms with E-state index in [0.29, 0.717) is 13.1 Å². The minimum atomic E-state index is -0.522. The summed E-state index contributed by atoms with van der Waals surface area (Å²) in [7, 11) is 1.41. The van der Waals surface area contributed by atoms with Crippen LogP contribution in [-0.4, -0.2) is 13.7 Å². The minimum absolute atomic E-state index is 0.369. The molecule has 0 spiro atoms. The smallest absolute Gasteiger partial charge is 0.248 e. The lowest BCUT2D eigenvalue weighted by molar-refractivity contribution is 0.451. The molecular weight excluding hydrogens is 234 g/mol. The van der Waals surface area contributed by atoms with E-state index in [1.165, 1.54) is 7.05 Å². The highest BCUT2D eigenvalue weighted by molar-refractivity contribution is 4.77. The predicted octanol–water partition coefficient (Wildman–Crippen LogP) is 0.309. The van der Waals surface area contributed by atoms with Gasteiger partial charge in [-0.1, -0.05) is 26.7 Å². The molecule has 1 heterocycles. The summed E-state index contributed by atoms with van der Waals surface area (Å²) in [6.07, 6.45) is 3.29. The first-order valence-electron chi connectivity index (χ1n) is 6.45. The molecule has 6 heteroatoms. The number of hydrogen-bond acceptors (Lipinski definition) is 3. The highest BCUT2D eigenvalue weighted by atomic mass is 16.2. The number of hydrogen-bond donors (Lipinski definition) is 0. The average molecular weight is 255 g/mol. The van der Waals surface area contributed by atoms with Crippen molar-refractivity contribution in [3.8, 4) is 0 Å². The van der Waals surface area contributed by atoms with Crippen LogP contribution < -0.4 is 17.1 Å². The molecule has 0 aliphatic carbocycles. The molecule has 6 nitrogen and oxygen atoms in total. The van der Waals surface area contributed by atoms with Gasteiger partial charge >= 0.3 is 17.1 Å². The Hall–Kier alpha value is -1.59. The Morgan fingerprint density at radius 1 is 0.778 bits per heavy atom. The SMILES string of the molecule is CCCCn1c(=O)n(C)c(=O)n(CCCC)c1=O. The zero-order chi connectivity index (χ0) is 13.7. The van der Waals surface area contributed by atoms with Crippen LogP contribution in [0.5, 0.6) is 0 Å². The van der Waals surface area contributed by atoms with Crippen LogP contribution >= 0.6 is 0 Å². The summed E-state index contributed by atoms with van der Waals surface area (Å²) < 4.78 is 3.31. The summed E-state index contributed by atoms with van der Waals surface area (Å²) >= 11 is 0. The molecule has 0 bridgehead atoms. The van der Waals surface area contributed by atoms with Crippen molar-refractivity contribution in [2.45, 2.75) is 52.6 Å². The van der Waals surface area contributed by atoms with Crippen LogP contribution in [0.25, 0.3) is 0 Å². The van der Waals surface area contributed by atoms with Gasteiger partial charge in [0.1, 0.15) is 0 Å². The Labute approximate surface area is 105 Å². The van der Waals surface area contributed by atoms with E-state index in [-0.39, 0.29) is 0 Å². The third-order valence-corrected chi connectivity index (χ3v) is 2.97. The van der Waals surface area contributed by atoms with Crippen molar-refractivity contribution in [2.75, 3.05) is 0 Å². The third kappa shape index (κ3) is 2.80. The fourth-order valence-corrected chi connectivity index (χ4v) is 1.77. The van der Waals surface area contributed by atoms with Crippen LogP contribution in [0.1, 0.15) is 39.5 Å². The Bertz CT molecular complexity index is 519. The Kier molecular flexibility index (Phi) is 5.12. The standard InChI is InChI=1S/C12H21N3O3/c1-4-6-8-14-10(16)13(3)11(17)15(12(14)18)9-7-5-2/h4-9H2,1-3H3. The lowest BCUT2D eigenvalue weighted by Gasteiger charge is -2.10. The Balaban J connectivity index is 3.35. The first-order chi connectivity index (χ1) is 8.54. The summed E-state index contributed by atoms with van der Waals surface area (Å²) in [4.78, 5) is 35.8. The average Bonchev–Trinajstić information content (AvgIpc) is 2.36. The summed E-state index contributed by atoms with van der Waals surface area (Å²) in [5.41, 5.74) is -1.53. The zero-order valence-electron chi connectivity index (χ0n) is 11.3. The molecule has 0 aliphatic heterocycles. The first-order valence-corrected chi connectivity index (χ1v) is 6.45. The third-order valence-electron chi connectivity index (χ3n) is 2.97. The van der Waals surface area contributed by atoms with E-state index in [9.17, 15) is 14.4 Å². The maximum Gasteiger partial charge on any atom is 0.336 e. The zero-order valence-corrected chi connectivity index (χ0v) is 11.3. The molecule has 1 aromatic heterocycles. The fourth-order valence-electron chi connectivity index (χ4n) is 1.77. The topological polar surface area (TPSA) is 66.0 Å². The highest BCUT2D eigenvalue weighted by Crippen LogP contribution is 1.90. The molecule has 18 heavy (non-hydrogen) atoms. The van der Waals surface area contributed by atoms with Crippen molar-refractivity contribution < 1.29 is 0 Å². The van der Waals surface area contributed by atoms with Gasteiger partial charge < -0.3 is 0 Å². The number of unbranched alkanes of at least 4 members (excludes halogenated alkanes) is 2. The van der Waals surface area contributed by atoms with E-state index in [0.717, 1.165) is 39.4 Å². The van der Waals surface area contributed by atoms with E-state index in [1.807, 2.05) is 13.8 Å². The first kappa shape index (κ1) is 14.5. The van der Waals surface area contributed by atoms with Gasteiger partial charge in [-0.25, -0.2) is 28.1 Å². The lowest BCUT2D eigenvalue weighted by Crippen LogP contribution is -2.53. The van der Waals surface area contributed by atoms with Crippen molar-refractivity contribution in [3.05, 3.63) is 31.5 Å². The van der Waals surface area contributed by atoms with E-state index in [2.05, 4.69) is 0 Å². The molecule has 0 atom stereocenters. The molecule has 0 radical (unpaired) electrons. The molecule has 102 valence electrons. The fraction of sp³-hybridized carbons (Fsp3) is 0.750. The van der Waals surface area contributed by atoms with Crippen molar-refractivity contribution in [1.82, 2.24) is 13.7 Å². The summed E-state index contributed by atoms with van der Waals surface area (Å²) in [5.74, 6) is 0. The molecule has 0 unspecified atom stereocenters. The number of aromatic nitrogens is 3. The van der Waals surface area contributed by atoms with Crippen LogP contribution in [0.2, 0.25) is 0 Å². The van der Waals surface area contributed by atoms with Gasteiger partial charge in [0.05, 0.1) is 0 Å². The van der Waals surface area contributed by atoms with Gasteiger partial charge in [-0.15, -0.1) is 0 Å². The molecule has 0 aliphatic rings. The molecular formula is C12H21N3O3. The quantitative estimate of drug-likeness (QED) is 0.734. The maximum absolute atomic E-state index is 12.1. The largest absolute Gasteiger partial charge is 0.336 e. The monoisotopic (exact) mass is 255 g/mol. The summed E-state index contributed by atoms with van der Waals surface area (Å²) in [6.45, 7) is 4.72. The van der Waals surface area contributed by atoms with Crippen molar-refractivity contribution in [2.24, 2.45) is 7.05 Å². The van der Waals surface area contributed by atoms with Gasteiger partial charge in [0.15, 0.2) is 0 Å². The second-order valence-corrected chi connectivity index (χ2v) is 4.42. The molecule has 0 N–H and O–H groups in total. The predicted molar refractivity (Wildman–Crippen MR) is 70.0 cm³/mol.